The first-order chi connectivity index (χ1) is 7.89. The molecule has 5 heteroatoms. The van der Waals surface area contributed by atoms with E-state index >= 15 is 0 Å². The molecule has 1 N–H and O–H groups in total. The molecule has 0 aliphatic carbocycles. The number of aromatic nitrogens is 2. The third-order valence-electron chi connectivity index (χ3n) is 2.43. The van der Waals surface area contributed by atoms with Crippen LogP contribution in [0.15, 0.2) is 6.07 Å². The van der Waals surface area contributed by atoms with Crippen LogP contribution >= 0.6 is 0 Å². The summed E-state index contributed by atoms with van der Waals surface area (Å²) in [5.74, 6) is -0.184. The Morgan fingerprint density at radius 3 is 2.82 bits per heavy atom. The Morgan fingerprint density at radius 1 is 1.65 bits per heavy atom. The zero-order valence-corrected chi connectivity index (χ0v) is 10.7. The summed E-state index contributed by atoms with van der Waals surface area (Å²) in [5.41, 5.74) is 0.803. The van der Waals surface area contributed by atoms with Crippen molar-refractivity contribution in [3.63, 3.8) is 0 Å². The minimum Gasteiger partial charge on any atom is -0.349 e. The summed E-state index contributed by atoms with van der Waals surface area (Å²) in [4.78, 5) is 11.9. The van der Waals surface area contributed by atoms with Crippen molar-refractivity contribution in [3.8, 4) is 6.07 Å². The molecule has 1 aromatic heterocycles. The maximum absolute atomic E-state index is 11.9. The van der Waals surface area contributed by atoms with E-state index in [1.54, 1.807) is 24.6 Å². The van der Waals surface area contributed by atoms with Crippen molar-refractivity contribution in [2.24, 2.45) is 5.41 Å². The van der Waals surface area contributed by atoms with E-state index in [1.807, 2.05) is 13.8 Å². The van der Waals surface area contributed by atoms with Crippen molar-refractivity contribution in [1.82, 2.24) is 15.1 Å². The molecule has 1 rings (SSSR count). The molecule has 0 spiro atoms. The van der Waals surface area contributed by atoms with E-state index in [9.17, 15) is 4.79 Å². The Balaban J connectivity index is 2.74. The number of hydrogen-bond donors (Lipinski definition) is 1. The molecule has 92 valence electrons. The van der Waals surface area contributed by atoms with Gasteiger partial charge in [0.1, 0.15) is 5.69 Å². The molecule has 1 aromatic rings. The Bertz CT molecular complexity index is 454. The van der Waals surface area contributed by atoms with Crippen LogP contribution in [-0.4, -0.2) is 22.2 Å². The van der Waals surface area contributed by atoms with Gasteiger partial charge in [-0.2, -0.15) is 10.4 Å². The first kappa shape index (κ1) is 13.2. The molecule has 1 amide bonds. The fourth-order valence-electron chi connectivity index (χ4n) is 1.40. The molecular weight excluding hydrogens is 216 g/mol. The molecule has 0 atom stereocenters. The first-order valence-electron chi connectivity index (χ1n) is 5.63. The summed E-state index contributed by atoms with van der Waals surface area (Å²) in [6, 6.07) is 3.89. The lowest BCUT2D eigenvalue weighted by Crippen LogP contribution is -2.34. The van der Waals surface area contributed by atoms with Gasteiger partial charge in [0.25, 0.3) is 5.91 Å². The van der Waals surface area contributed by atoms with Gasteiger partial charge in [-0.25, -0.2) is 0 Å². The number of amides is 1. The third kappa shape index (κ3) is 3.31. The molecule has 1 heterocycles. The zero-order valence-electron chi connectivity index (χ0n) is 10.7. The number of aryl methyl sites for hydroxylation is 2. The van der Waals surface area contributed by atoms with Crippen molar-refractivity contribution in [2.45, 2.75) is 34.2 Å². The van der Waals surface area contributed by atoms with Crippen molar-refractivity contribution in [2.75, 3.05) is 6.54 Å². The molecule has 17 heavy (non-hydrogen) atoms. The lowest BCUT2D eigenvalue weighted by atomic mass is 9.96. The van der Waals surface area contributed by atoms with Gasteiger partial charge in [0.15, 0.2) is 0 Å². The van der Waals surface area contributed by atoms with E-state index < -0.39 is 5.41 Å². The highest BCUT2D eigenvalue weighted by molar-refractivity contribution is 5.92. The molecule has 0 fully saturated rings. The first-order valence-corrected chi connectivity index (χ1v) is 5.63. The smallest absolute Gasteiger partial charge is 0.269 e. The summed E-state index contributed by atoms with van der Waals surface area (Å²) >= 11 is 0. The third-order valence-corrected chi connectivity index (χ3v) is 2.43. The number of nitriles is 1. The van der Waals surface area contributed by atoms with Crippen molar-refractivity contribution < 1.29 is 4.79 Å². The largest absolute Gasteiger partial charge is 0.349 e. The van der Waals surface area contributed by atoms with E-state index in [0.717, 1.165) is 5.69 Å². The fourth-order valence-corrected chi connectivity index (χ4v) is 1.40. The van der Waals surface area contributed by atoms with Crippen molar-refractivity contribution >= 4 is 5.91 Å². The van der Waals surface area contributed by atoms with E-state index in [4.69, 9.17) is 5.26 Å². The number of nitrogens with zero attached hydrogens (tertiary/aromatic N) is 3. The molecule has 0 radical (unpaired) electrons. The second-order valence-corrected chi connectivity index (χ2v) is 4.67. The van der Waals surface area contributed by atoms with Gasteiger partial charge >= 0.3 is 0 Å². The average molecular weight is 234 g/mol. The van der Waals surface area contributed by atoms with Gasteiger partial charge in [-0.1, -0.05) is 0 Å². The van der Waals surface area contributed by atoms with Crippen LogP contribution in [0.5, 0.6) is 0 Å². The topological polar surface area (TPSA) is 70.7 Å². The molecule has 5 nitrogen and oxygen atoms in total. The van der Waals surface area contributed by atoms with Crippen LogP contribution in [0, 0.1) is 23.7 Å². The van der Waals surface area contributed by atoms with Crippen LogP contribution < -0.4 is 5.32 Å². The fraction of sp³-hybridized carbons (Fsp3) is 0.583. The predicted octanol–water partition coefficient (Wildman–Crippen LogP) is 1.49. The van der Waals surface area contributed by atoms with E-state index in [-0.39, 0.29) is 5.91 Å². The van der Waals surface area contributed by atoms with Gasteiger partial charge < -0.3 is 5.32 Å². The zero-order chi connectivity index (χ0) is 13.1. The molecule has 0 saturated heterocycles. The summed E-state index contributed by atoms with van der Waals surface area (Å²) < 4.78 is 1.66. The average Bonchev–Trinajstić information content (AvgIpc) is 2.67. The highest BCUT2D eigenvalue weighted by Crippen LogP contribution is 2.11. The van der Waals surface area contributed by atoms with Crippen LogP contribution in [0.4, 0.5) is 0 Å². The van der Waals surface area contributed by atoms with Gasteiger partial charge in [0.2, 0.25) is 0 Å². The van der Waals surface area contributed by atoms with Gasteiger partial charge in [-0.15, -0.1) is 0 Å². The van der Waals surface area contributed by atoms with Crippen LogP contribution in [-0.2, 0) is 6.54 Å². The number of carbonyl (C=O) groups excluding carboxylic acids is 1. The van der Waals surface area contributed by atoms with Crippen LogP contribution in [0.3, 0.4) is 0 Å². The van der Waals surface area contributed by atoms with Gasteiger partial charge in [-0.3, -0.25) is 9.48 Å². The Kier molecular flexibility index (Phi) is 3.89. The number of hydrogen-bond acceptors (Lipinski definition) is 3. The van der Waals surface area contributed by atoms with Gasteiger partial charge in [0.05, 0.1) is 17.2 Å². The standard InChI is InChI=1S/C12H18N4O/c1-5-16-10(6-9(2)15-16)11(17)14-8-12(3,4)7-13/h6H,5,8H2,1-4H3,(H,14,17). The second kappa shape index (κ2) is 5.00. The number of nitrogens with one attached hydrogen (secondary N) is 1. The molecular formula is C12H18N4O. The van der Waals surface area contributed by atoms with E-state index in [2.05, 4.69) is 16.5 Å². The monoisotopic (exact) mass is 234 g/mol. The Labute approximate surface area is 101 Å². The minimum absolute atomic E-state index is 0.184. The van der Waals surface area contributed by atoms with Crippen molar-refractivity contribution in [1.29, 1.82) is 5.26 Å². The van der Waals surface area contributed by atoms with Gasteiger partial charge in [0, 0.05) is 13.1 Å². The maximum Gasteiger partial charge on any atom is 0.269 e. The summed E-state index contributed by atoms with van der Waals surface area (Å²) in [6.45, 7) is 8.34. The highest BCUT2D eigenvalue weighted by atomic mass is 16.2. The normalized spacial score (nSPS) is 11.0. The van der Waals surface area contributed by atoms with Crippen LogP contribution in [0.25, 0.3) is 0 Å². The Hall–Kier alpha value is -1.83. The molecule has 0 aliphatic heterocycles. The summed E-state index contributed by atoms with van der Waals surface area (Å²) in [5, 5.41) is 15.8. The molecule has 0 unspecified atom stereocenters. The lowest BCUT2D eigenvalue weighted by molar-refractivity contribution is 0.0933. The van der Waals surface area contributed by atoms with Gasteiger partial charge in [-0.05, 0) is 33.8 Å². The van der Waals surface area contributed by atoms with E-state index in [0.29, 0.717) is 18.8 Å². The molecule has 0 saturated carbocycles. The molecule has 0 aromatic carbocycles. The number of rotatable bonds is 4. The van der Waals surface area contributed by atoms with Crippen LogP contribution in [0.2, 0.25) is 0 Å². The van der Waals surface area contributed by atoms with Crippen molar-refractivity contribution in [3.05, 3.63) is 17.5 Å². The lowest BCUT2D eigenvalue weighted by Gasteiger charge is -2.15. The quantitative estimate of drug-likeness (QED) is 0.858. The van der Waals surface area contributed by atoms with Crippen LogP contribution in [0.1, 0.15) is 37.0 Å². The van der Waals surface area contributed by atoms with E-state index in [1.165, 1.54) is 0 Å². The molecule has 0 bridgehead atoms. The summed E-state index contributed by atoms with van der Waals surface area (Å²) in [6.07, 6.45) is 0. The molecule has 0 aliphatic rings. The Morgan fingerprint density at radius 2 is 2.29 bits per heavy atom. The highest BCUT2D eigenvalue weighted by Gasteiger charge is 2.19. The predicted molar refractivity (Wildman–Crippen MR) is 64.4 cm³/mol. The number of carbonyl (C=O) groups is 1. The summed E-state index contributed by atoms with van der Waals surface area (Å²) in [7, 11) is 0. The maximum atomic E-state index is 11.9. The second-order valence-electron chi connectivity index (χ2n) is 4.67. The SMILES string of the molecule is CCn1nc(C)cc1C(=O)NCC(C)(C)C#N. The minimum atomic E-state index is -0.554.